The lowest BCUT2D eigenvalue weighted by atomic mass is 10.1. The summed E-state index contributed by atoms with van der Waals surface area (Å²) in [6, 6.07) is 6.25. The van der Waals surface area contributed by atoms with Gasteiger partial charge in [-0.05, 0) is 31.2 Å². The number of carbonyl (C=O) groups is 1. The third kappa shape index (κ3) is 2.96. The van der Waals surface area contributed by atoms with Gasteiger partial charge < -0.3 is 5.32 Å². The van der Waals surface area contributed by atoms with Gasteiger partial charge in [-0.3, -0.25) is 4.79 Å². The molecule has 104 valence electrons. The van der Waals surface area contributed by atoms with Crippen molar-refractivity contribution in [3.05, 3.63) is 65.2 Å². The van der Waals surface area contributed by atoms with Gasteiger partial charge in [0.15, 0.2) is 0 Å². The summed E-state index contributed by atoms with van der Waals surface area (Å²) in [5, 5.41) is 2.37. The molecule has 6 heteroatoms. The van der Waals surface area contributed by atoms with Crippen molar-refractivity contribution in [2.24, 2.45) is 0 Å². The first kappa shape index (κ1) is 14.0. The summed E-state index contributed by atoms with van der Waals surface area (Å²) in [6.07, 6.45) is 0. The van der Waals surface area contributed by atoms with Crippen molar-refractivity contribution in [1.29, 1.82) is 0 Å². The molecule has 0 spiro atoms. The highest BCUT2D eigenvalue weighted by Crippen LogP contribution is 2.20. The van der Waals surface area contributed by atoms with E-state index in [9.17, 15) is 18.0 Å². The Balaban J connectivity index is 2.20. The van der Waals surface area contributed by atoms with E-state index in [2.05, 4.69) is 10.3 Å². The molecule has 0 saturated carbocycles. The number of nitrogens with one attached hydrogen (secondary N) is 1. The van der Waals surface area contributed by atoms with E-state index in [0.717, 1.165) is 18.2 Å². The third-order valence-electron chi connectivity index (χ3n) is 2.73. The maximum Gasteiger partial charge on any atom is 0.270 e. The van der Waals surface area contributed by atoms with Gasteiger partial charge in [0.25, 0.3) is 5.91 Å². The van der Waals surface area contributed by atoms with Gasteiger partial charge >= 0.3 is 0 Å². The van der Waals surface area contributed by atoms with Gasteiger partial charge in [0, 0.05) is 5.56 Å². The minimum absolute atomic E-state index is 0.159. The van der Waals surface area contributed by atoms with Crippen molar-refractivity contribution >= 4 is 5.91 Å². The van der Waals surface area contributed by atoms with E-state index < -0.39 is 29.5 Å². The number of pyridine rings is 1. The average Bonchev–Trinajstić information content (AvgIpc) is 2.38. The first-order valence-corrected chi connectivity index (χ1v) is 5.86. The van der Waals surface area contributed by atoms with E-state index in [-0.39, 0.29) is 11.3 Å². The van der Waals surface area contributed by atoms with Gasteiger partial charge in [-0.15, -0.1) is 0 Å². The van der Waals surface area contributed by atoms with Crippen LogP contribution < -0.4 is 5.32 Å². The summed E-state index contributed by atoms with van der Waals surface area (Å²) in [5.74, 6) is -3.03. The van der Waals surface area contributed by atoms with Crippen LogP contribution in [0.1, 0.15) is 29.0 Å². The molecule has 0 bridgehead atoms. The largest absolute Gasteiger partial charge is 0.344 e. The molecule has 1 aromatic carbocycles. The van der Waals surface area contributed by atoms with Crippen LogP contribution in [-0.2, 0) is 0 Å². The van der Waals surface area contributed by atoms with Crippen LogP contribution in [0.25, 0.3) is 0 Å². The number of benzene rings is 1. The topological polar surface area (TPSA) is 42.0 Å². The molecule has 0 fully saturated rings. The van der Waals surface area contributed by atoms with Crippen LogP contribution >= 0.6 is 0 Å². The molecule has 1 heterocycles. The van der Waals surface area contributed by atoms with Gasteiger partial charge in [-0.25, -0.2) is 13.8 Å². The Bertz CT molecular complexity index is 626. The molecule has 0 saturated heterocycles. The van der Waals surface area contributed by atoms with E-state index in [4.69, 9.17) is 0 Å². The molecule has 0 radical (unpaired) electrons. The maximum absolute atomic E-state index is 13.6. The fourth-order valence-corrected chi connectivity index (χ4v) is 1.80. The SMILES string of the molecule is CC(NC(=O)c1cccc(F)n1)c1c(F)cccc1F. The average molecular weight is 280 g/mol. The minimum Gasteiger partial charge on any atom is -0.344 e. The quantitative estimate of drug-likeness (QED) is 0.878. The zero-order valence-electron chi connectivity index (χ0n) is 10.5. The molecular formula is C14H11F3N2O. The van der Waals surface area contributed by atoms with E-state index in [1.54, 1.807) is 0 Å². The lowest BCUT2D eigenvalue weighted by molar-refractivity contribution is 0.0932. The summed E-state index contributed by atoms with van der Waals surface area (Å²) in [7, 11) is 0. The molecule has 0 aliphatic heterocycles. The van der Waals surface area contributed by atoms with Crippen LogP contribution in [0.4, 0.5) is 13.2 Å². The maximum atomic E-state index is 13.6. The number of hydrogen-bond acceptors (Lipinski definition) is 2. The number of amides is 1. The van der Waals surface area contributed by atoms with Crippen LogP contribution in [0, 0.1) is 17.6 Å². The monoisotopic (exact) mass is 280 g/mol. The van der Waals surface area contributed by atoms with E-state index in [1.165, 1.54) is 25.1 Å². The van der Waals surface area contributed by atoms with Crippen LogP contribution in [-0.4, -0.2) is 10.9 Å². The van der Waals surface area contributed by atoms with Crippen LogP contribution in [0.5, 0.6) is 0 Å². The molecule has 2 rings (SSSR count). The first-order valence-electron chi connectivity index (χ1n) is 5.86. The normalized spacial score (nSPS) is 12.0. The molecule has 1 unspecified atom stereocenters. The number of carbonyl (C=O) groups excluding carboxylic acids is 1. The highest BCUT2D eigenvalue weighted by molar-refractivity contribution is 5.92. The second kappa shape index (κ2) is 5.73. The van der Waals surface area contributed by atoms with Crippen LogP contribution in [0.15, 0.2) is 36.4 Å². The Labute approximate surface area is 113 Å². The van der Waals surface area contributed by atoms with Crippen LogP contribution in [0.3, 0.4) is 0 Å². The van der Waals surface area contributed by atoms with Crippen molar-refractivity contribution in [1.82, 2.24) is 10.3 Å². The summed E-state index contributed by atoms with van der Waals surface area (Å²) in [4.78, 5) is 15.2. The molecule has 0 aliphatic rings. The Morgan fingerprint density at radius 2 is 1.70 bits per heavy atom. The highest BCUT2D eigenvalue weighted by Gasteiger charge is 2.19. The molecule has 1 N–H and O–H groups in total. The fourth-order valence-electron chi connectivity index (χ4n) is 1.80. The Kier molecular flexibility index (Phi) is 4.02. The second-order valence-electron chi connectivity index (χ2n) is 4.18. The van der Waals surface area contributed by atoms with Crippen molar-refractivity contribution < 1.29 is 18.0 Å². The lowest BCUT2D eigenvalue weighted by Gasteiger charge is -2.15. The van der Waals surface area contributed by atoms with E-state index in [0.29, 0.717) is 0 Å². The standard InChI is InChI=1S/C14H11F3N2O/c1-8(13-9(15)4-2-5-10(13)16)18-14(20)11-6-3-7-12(17)19-11/h2-8H,1H3,(H,18,20). The molecule has 3 nitrogen and oxygen atoms in total. The second-order valence-corrected chi connectivity index (χ2v) is 4.18. The smallest absolute Gasteiger partial charge is 0.270 e. The van der Waals surface area contributed by atoms with Crippen molar-refractivity contribution in [3.8, 4) is 0 Å². The van der Waals surface area contributed by atoms with Crippen molar-refractivity contribution in [3.63, 3.8) is 0 Å². The minimum atomic E-state index is -0.909. The van der Waals surface area contributed by atoms with Gasteiger partial charge in [0.05, 0.1) is 6.04 Å². The predicted octanol–water partition coefficient (Wildman–Crippen LogP) is 2.99. The zero-order chi connectivity index (χ0) is 14.7. The molecule has 0 aliphatic carbocycles. The molecule has 20 heavy (non-hydrogen) atoms. The summed E-state index contributed by atoms with van der Waals surface area (Å²) in [5.41, 5.74) is -0.411. The molecule has 1 aromatic heterocycles. The summed E-state index contributed by atoms with van der Waals surface area (Å²) < 4.78 is 40.0. The van der Waals surface area contributed by atoms with Crippen LogP contribution in [0.2, 0.25) is 0 Å². The first-order chi connectivity index (χ1) is 9.49. The van der Waals surface area contributed by atoms with Gasteiger partial charge in [0.1, 0.15) is 17.3 Å². The Morgan fingerprint density at radius 1 is 1.10 bits per heavy atom. The third-order valence-corrected chi connectivity index (χ3v) is 2.73. The summed E-state index contributed by atoms with van der Waals surface area (Å²) >= 11 is 0. The fraction of sp³-hybridized carbons (Fsp3) is 0.143. The lowest BCUT2D eigenvalue weighted by Crippen LogP contribution is -2.28. The number of hydrogen-bond donors (Lipinski definition) is 1. The summed E-state index contributed by atoms with van der Waals surface area (Å²) in [6.45, 7) is 1.43. The van der Waals surface area contributed by atoms with Gasteiger partial charge in [-0.1, -0.05) is 12.1 Å². The molecule has 2 aromatic rings. The predicted molar refractivity (Wildman–Crippen MR) is 66.4 cm³/mol. The van der Waals surface area contributed by atoms with Crippen molar-refractivity contribution in [2.75, 3.05) is 0 Å². The number of halogens is 3. The number of aromatic nitrogens is 1. The zero-order valence-corrected chi connectivity index (χ0v) is 10.5. The van der Waals surface area contributed by atoms with Gasteiger partial charge in [-0.2, -0.15) is 4.39 Å². The Morgan fingerprint density at radius 3 is 2.30 bits per heavy atom. The van der Waals surface area contributed by atoms with Gasteiger partial charge in [0.2, 0.25) is 5.95 Å². The van der Waals surface area contributed by atoms with E-state index in [1.807, 2.05) is 0 Å². The van der Waals surface area contributed by atoms with Crippen molar-refractivity contribution in [2.45, 2.75) is 13.0 Å². The number of rotatable bonds is 3. The molecule has 1 atom stereocenters. The molecule has 1 amide bonds. The van der Waals surface area contributed by atoms with E-state index >= 15 is 0 Å². The highest BCUT2D eigenvalue weighted by atomic mass is 19.1. The Hall–Kier alpha value is -2.37. The molecular weight excluding hydrogens is 269 g/mol. The number of nitrogens with zero attached hydrogens (tertiary/aromatic N) is 1.